The van der Waals surface area contributed by atoms with Crippen LogP contribution in [0.4, 0.5) is 0 Å². The average Bonchev–Trinajstić information content (AvgIpc) is 2.88. The van der Waals surface area contributed by atoms with Gasteiger partial charge in [0.2, 0.25) is 0 Å². The van der Waals surface area contributed by atoms with Crippen LogP contribution >= 0.6 is 0 Å². The van der Waals surface area contributed by atoms with E-state index in [4.69, 9.17) is 0 Å². The van der Waals surface area contributed by atoms with Crippen molar-refractivity contribution in [3.63, 3.8) is 0 Å². The van der Waals surface area contributed by atoms with E-state index in [0.717, 1.165) is 49.2 Å². The molecule has 1 amide bonds. The summed E-state index contributed by atoms with van der Waals surface area (Å²) in [6, 6.07) is 9.72. The fourth-order valence-electron chi connectivity index (χ4n) is 3.79. The van der Waals surface area contributed by atoms with Crippen molar-refractivity contribution in [3.8, 4) is 5.75 Å². The molecule has 1 fully saturated rings. The van der Waals surface area contributed by atoms with E-state index in [1.54, 1.807) is 12.1 Å². The largest absolute Gasteiger partial charge is 0.508 e. The third-order valence-electron chi connectivity index (χ3n) is 5.60. The van der Waals surface area contributed by atoms with E-state index in [1.807, 2.05) is 39.1 Å². The van der Waals surface area contributed by atoms with Crippen molar-refractivity contribution < 1.29 is 9.90 Å². The summed E-state index contributed by atoms with van der Waals surface area (Å²) in [4.78, 5) is 15.2. The van der Waals surface area contributed by atoms with E-state index in [0.29, 0.717) is 11.8 Å². The summed E-state index contributed by atoms with van der Waals surface area (Å²) in [6.45, 7) is 4.92. The van der Waals surface area contributed by atoms with Crippen molar-refractivity contribution in [1.82, 2.24) is 9.47 Å². The lowest BCUT2D eigenvalue weighted by Crippen LogP contribution is -2.44. The standard InChI is InChI=1S/C21H28N2O2/c1-15-14-20(16(2)22(15)3)21(25)23-13-5-4-6-18(23)10-7-17-8-11-19(24)12-9-17/h8-9,11-12,14,18,24H,4-7,10,13H2,1-3H3/t18-/m0/s1. The van der Waals surface area contributed by atoms with Crippen molar-refractivity contribution in [3.05, 3.63) is 52.8 Å². The molecule has 3 rings (SSSR count). The van der Waals surface area contributed by atoms with Gasteiger partial charge in [0, 0.05) is 31.0 Å². The second kappa shape index (κ2) is 7.34. The Kier molecular flexibility index (Phi) is 5.16. The molecule has 0 radical (unpaired) electrons. The highest BCUT2D eigenvalue weighted by Gasteiger charge is 2.29. The first-order chi connectivity index (χ1) is 12.0. The molecule has 1 aromatic carbocycles. The van der Waals surface area contributed by atoms with E-state index >= 15 is 0 Å². The molecule has 0 bridgehead atoms. The Morgan fingerprint density at radius 1 is 1.20 bits per heavy atom. The summed E-state index contributed by atoms with van der Waals surface area (Å²) in [5.74, 6) is 0.477. The first-order valence-electron chi connectivity index (χ1n) is 9.19. The van der Waals surface area contributed by atoms with Crippen molar-refractivity contribution in [2.24, 2.45) is 7.05 Å². The average molecular weight is 340 g/mol. The fourth-order valence-corrected chi connectivity index (χ4v) is 3.79. The molecular formula is C21H28N2O2. The Balaban J connectivity index is 1.72. The normalized spacial score (nSPS) is 17.7. The Morgan fingerprint density at radius 3 is 2.56 bits per heavy atom. The third-order valence-corrected chi connectivity index (χ3v) is 5.60. The molecule has 1 aliphatic heterocycles. The van der Waals surface area contributed by atoms with Crippen LogP contribution in [0.5, 0.6) is 5.75 Å². The topological polar surface area (TPSA) is 45.5 Å². The zero-order valence-electron chi connectivity index (χ0n) is 15.5. The van der Waals surface area contributed by atoms with Crippen molar-refractivity contribution in [1.29, 1.82) is 0 Å². The summed E-state index contributed by atoms with van der Waals surface area (Å²) in [5.41, 5.74) is 4.22. The Labute approximate surface area is 150 Å². The highest BCUT2D eigenvalue weighted by molar-refractivity contribution is 5.96. The maximum atomic E-state index is 13.1. The van der Waals surface area contributed by atoms with Gasteiger partial charge in [-0.15, -0.1) is 0 Å². The van der Waals surface area contributed by atoms with Crippen LogP contribution in [-0.2, 0) is 13.5 Å². The van der Waals surface area contributed by atoms with Crippen molar-refractivity contribution in [2.75, 3.05) is 6.54 Å². The smallest absolute Gasteiger partial charge is 0.255 e. The van der Waals surface area contributed by atoms with Crippen LogP contribution in [0.3, 0.4) is 0 Å². The molecule has 2 heterocycles. The number of piperidine rings is 1. The summed E-state index contributed by atoms with van der Waals surface area (Å²) in [6.07, 6.45) is 5.26. The van der Waals surface area contributed by atoms with Gasteiger partial charge in [-0.25, -0.2) is 0 Å². The van der Waals surface area contributed by atoms with Gasteiger partial charge in [-0.3, -0.25) is 4.79 Å². The lowest BCUT2D eigenvalue weighted by molar-refractivity contribution is 0.0601. The lowest BCUT2D eigenvalue weighted by Gasteiger charge is -2.36. The monoisotopic (exact) mass is 340 g/mol. The fraction of sp³-hybridized carbons (Fsp3) is 0.476. The van der Waals surface area contributed by atoms with E-state index in [-0.39, 0.29) is 5.91 Å². The van der Waals surface area contributed by atoms with Crippen LogP contribution in [0, 0.1) is 13.8 Å². The zero-order valence-corrected chi connectivity index (χ0v) is 15.5. The third kappa shape index (κ3) is 3.73. The van der Waals surface area contributed by atoms with Gasteiger partial charge in [0.25, 0.3) is 5.91 Å². The predicted molar refractivity (Wildman–Crippen MR) is 100.0 cm³/mol. The Bertz CT molecular complexity index is 746. The molecule has 0 spiro atoms. The van der Waals surface area contributed by atoms with Gasteiger partial charge in [0.05, 0.1) is 5.56 Å². The first-order valence-corrected chi connectivity index (χ1v) is 9.19. The number of nitrogens with zero attached hydrogens (tertiary/aromatic N) is 2. The minimum atomic E-state index is 0.177. The minimum Gasteiger partial charge on any atom is -0.508 e. The molecule has 0 unspecified atom stereocenters. The summed E-state index contributed by atoms with van der Waals surface area (Å²) >= 11 is 0. The van der Waals surface area contributed by atoms with Crippen LogP contribution < -0.4 is 0 Å². The predicted octanol–water partition coefficient (Wildman–Crippen LogP) is 3.98. The van der Waals surface area contributed by atoms with Crippen molar-refractivity contribution >= 4 is 5.91 Å². The maximum Gasteiger partial charge on any atom is 0.255 e. The number of phenolic OH excluding ortho intramolecular Hbond substituents is 1. The van der Waals surface area contributed by atoms with Crippen molar-refractivity contribution in [2.45, 2.75) is 52.0 Å². The number of aromatic hydroxyl groups is 1. The molecule has 0 saturated carbocycles. The van der Waals surface area contributed by atoms with Gasteiger partial charge in [-0.05, 0) is 69.7 Å². The molecular weight excluding hydrogens is 312 g/mol. The molecule has 2 aromatic rings. The molecule has 1 aliphatic rings. The SMILES string of the molecule is Cc1cc(C(=O)N2CCCC[C@H]2CCc2ccc(O)cc2)c(C)n1C. The minimum absolute atomic E-state index is 0.177. The van der Waals surface area contributed by atoms with E-state index in [1.165, 1.54) is 12.0 Å². The van der Waals surface area contributed by atoms with E-state index < -0.39 is 0 Å². The number of likely N-dealkylation sites (tertiary alicyclic amines) is 1. The number of aryl methyl sites for hydroxylation is 2. The molecule has 25 heavy (non-hydrogen) atoms. The summed E-state index contributed by atoms with van der Waals surface area (Å²) < 4.78 is 2.09. The van der Waals surface area contributed by atoms with E-state index in [9.17, 15) is 9.90 Å². The number of phenols is 1. The summed E-state index contributed by atoms with van der Waals surface area (Å²) in [7, 11) is 2.01. The number of carbonyl (C=O) groups is 1. The molecule has 134 valence electrons. The Morgan fingerprint density at radius 2 is 1.92 bits per heavy atom. The molecule has 1 atom stereocenters. The second-order valence-corrected chi connectivity index (χ2v) is 7.20. The van der Waals surface area contributed by atoms with Gasteiger partial charge in [0.15, 0.2) is 0 Å². The van der Waals surface area contributed by atoms with Crippen LogP contribution in [0.2, 0.25) is 0 Å². The molecule has 4 nitrogen and oxygen atoms in total. The maximum absolute atomic E-state index is 13.1. The number of benzene rings is 1. The lowest BCUT2D eigenvalue weighted by atomic mass is 9.95. The number of rotatable bonds is 4. The number of amides is 1. The van der Waals surface area contributed by atoms with Gasteiger partial charge >= 0.3 is 0 Å². The summed E-state index contributed by atoms with van der Waals surface area (Å²) in [5, 5.41) is 9.41. The quantitative estimate of drug-likeness (QED) is 0.915. The van der Waals surface area contributed by atoms with Crippen LogP contribution in [0.25, 0.3) is 0 Å². The Hall–Kier alpha value is -2.23. The van der Waals surface area contributed by atoms with Gasteiger partial charge in [-0.1, -0.05) is 12.1 Å². The highest BCUT2D eigenvalue weighted by Crippen LogP contribution is 2.25. The van der Waals surface area contributed by atoms with Crippen LogP contribution in [0.1, 0.15) is 53.0 Å². The number of hydrogen-bond acceptors (Lipinski definition) is 2. The number of hydrogen-bond donors (Lipinski definition) is 1. The van der Waals surface area contributed by atoms with Gasteiger partial charge in [0.1, 0.15) is 5.75 Å². The van der Waals surface area contributed by atoms with E-state index in [2.05, 4.69) is 9.47 Å². The van der Waals surface area contributed by atoms with Crippen LogP contribution in [-0.4, -0.2) is 33.1 Å². The molecule has 1 N–H and O–H groups in total. The molecule has 0 aliphatic carbocycles. The first kappa shape index (κ1) is 17.6. The van der Waals surface area contributed by atoms with Gasteiger partial charge in [-0.2, -0.15) is 0 Å². The molecule has 4 heteroatoms. The second-order valence-electron chi connectivity index (χ2n) is 7.20. The number of aromatic nitrogens is 1. The van der Waals surface area contributed by atoms with Crippen LogP contribution in [0.15, 0.2) is 30.3 Å². The molecule has 1 aromatic heterocycles. The number of carbonyl (C=O) groups excluding carboxylic acids is 1. The molecule has 1 saturated heterocycles. The zero-order chi connectivity index (χ0) is 18.0. The highest BCUT2D eigenvalue weighted by atomic mass is 16.3. The van der Waals surface area contributed by atoms with Gasteiger partial charge < -0.3 is 14.6 Å².